The van der Waals surface area contributed by atoms with Gasteiger partial charge in [0.05, 0.1) is 25.5 Å². The number of carbonyl (C=O) groups is 1. The summed E-state index contributed by atoms with van der Waals surface area (Å²) in [4.78, 5) is 11.7. The molecule has 0 unspecified atom stereocenters. The van der Waals surface area contributed by atoms with Gasteiger partial charge < -0.3 is 19.9 Å². The molecule has 5 heteroatoms. The minimum absolute atomic E-state index is 0.314. The second kappa shape index (κ2) is 4.08. The van der Waals surface area contributed by atoms with Crippen LogP contribution in [-0.4, -0.2) is 25.8 Å². The van der Waals surface area contributed by atoms with Crippen LogP contribution in [0, 0.1) is 0 Å². The molecule has 2 rings (SSSR count). The van der Waals surface area contributed by atoms with Crippen LogP contribution >= 0.6 is 0 Å². The summed E-state index contributed by atoms with van der Waals surface area (Å²) in [5.74, 6) is 0.649. The fourth-order valence-electron chi connectivity index (χ4n) is 2.16. The molecule has 0 bridgehead atoms. The first-order valence-corrected chi connectivity index (χ1v) is 5.66. The summed E-state index contributed by atoms with van der Waals surface area (Å²) in [7, 11) is 2.85. The first-order valence-electron chi connectivity index (χ1n) is 5.66. The van der Waals surface area contributed by atoms with E-state index in [4.69, 9.17) is 19.9 Å². The van der Waals surface area contributed by atoms with Crippen LogP contribution in [0.25, 0.3) is 0 Å². The van der Waals surface area contributed by atoms with Gasteiger partial charge in [-0.05, 0) is 13.8 Å². The fraction of sp³-hybridized carbons (Fsp3) is 0.462. The van der Waals surface area contributed by atoms with Crippen LogP contribution in [-0.2, 0) is 11.2 Å². The predicted octanol–water partition coefficient (Wildman–Crippen LogP) is 1.78. The molecule has 1 aliphatic heterocycles. The third-order valence-corrected chi connectivity index (χ3v) is 2.99. The molecule has 1 aliphatic rings. The van der Waals surface area contributed by atoms with Crippen molar-refractivity contribution in [3.8, 4) is 11.5 Å². The number of nitrogens with two attached hydrogens (primary N) is 1. The molecule has 0 aliphatic carbocycles. The van der Waals surface area contributed by atoms with Crippen LogP contribution in [0.3, 0.4) is 0 Å². The zero-order chi connectivity index (χ0) is 13.5. The lowest BCUT2D eigenvalue weighted by Crippen LogP contribution is -2.24. The zero-order valence-corrected chi connectivity index (χ0v) is 11.0. The van der Waals surface area contributed by atoms with Crippen LogP contribution in [0.4, 0.5) is 5.69 Å². The Kier molecular flexibility index (Phi) is 2.84. The number of anilines is 1. The Morgan fingerprint density at radius 2 is 2.11 bits per heavy atom. The quantitative estimate of drug-likeness (QED) is 0.640. The SMILES string of the molecule is COC(=O)c1cc(OC)c2c(c1N)CC(C)(C)O2. The lowest BCUT2D eigenvalue weighted by Gasteiger charge is -2.17. The zero-order valence-electron chi connectivity index (χ0n) is 11.0. The molecule has 1 heterocycles. The Balaban J connectivity index is 2.61. The van der Waals surface area contributed by atoms with E-state index in [2.05, 4.69) is 0 Å². The standard InChI is InChI=1S/C13H17NO4/c1-13(2)6-8-10(14)7(12(15)17-4)5-9(16-3)11(8)18-13/h5H,6,14H2,1-4H3. The van der Waals surface area contributed by atoms with E-state index in [1.165, 1.54) is 14.2 Å². The Labute approximate surface area is 106 Å². The third kappa shape index (κ3) is 1.85. The largest absolute Gasteiger partial charge is 0.493 e. The van der Waals surface area contributed by atoms with Gasteiger partial charge in [-0.15, -0.1) is 0 Å². The number of fused-ring (bicyclic) bond motifs is 1. The number of methoxy groups -OCH3 is 2. The highest BCUT2D eigenvalue weighted by Gasteiger charge is 2.36. The molecule has 5 nitrogen and oxygen atoms in total. The Morgan fingerprint density at radius 3 is 2.67 bits per heavy atom. The summed E-state index contributed by atoms with van der Waals surface area (Å²) >= 11 is 0. The highest BCUT2D eigenvalue weighted by atomic mass is 16.5. The van der Waals surface area contributed by atoms with Gasteiger partial charge in [-0.1, -0.05) is 0 Å². The van der Waals surface area contributed by atoms with Crippen molar-refractivity contribution in [3.63, 3.8) is 0 Å². The van der Waals surface area contributed by atoms with E-state index in [1.807, 2.05) is 13.8 Å². The highest BCUT2D eigenvalue weighted by Crippen LogP contribution is 2.46. The maximum Gasteiger partial charge on any atom is 0.340 e. The van der Waals surface area contributed by atoms with Crippen molar-refractivity contribution in [2.45, 2.75) is 25.9 Å². The van der Waals surface area contributed by atoms with Crippen LogP contribution in [0.1, 0.15) is 29.8 Å². The molecule has 0 fully saturated rings. The molecular weight excluding hydrogens is 234 g/mol. The number of hydrogen-bond acceptors (Lipinski definition) is 5. The topological polar surface area (TPSA) is 70.8 Å². The van der Waals surface area contributed by atoms with E-state index in [0.29, 0.717) is 29.2 Å². The number of esters is 1. The van der Waals surface area contributed by atoms with Crippen molar-refractivity contribution in [1.82, 2.24) is 0 Å². The molecule has 0 spiro atoms. The number of benzene rings is 1. The predicted molar refractivity (Wildman–Crippen MR) is 67.2 cm³/mol. The van der Waals surface area contributed by atoms with Crippen LogP contribution in [0.5, 0.6) is 11.5 Å². The normalized spacial score (nSPS) is 15.8. The van der Waals surface area contributed by atoms with Crippen molar-refractivity contribution in [2.75, 3.05) is 20.0 Å². The molecule has 18 heavy (non-hydrogen) atoms. The Hall–Kier alpha value is -1.91. The van der Waals surface area contributed by atoms with Gasteiger partial charge in [0.2, 0.25) is 0 Å². The van der Waals surface area contributed by atoms with Crippen molar-refractivity contribution in [3.05, 3.63) is 17.2 Å². The summed E-state index contributed by atoms with van der Waals surface area (Å²) in [6.07, 6.45) is 0.634. The van der Waals surface area contributed by atoms with Gasteiger partial charge in [-0.2, -0.15) is 0 Å². The molecule has 0 radical (unpaired) electrons. The van der Waals surface area contributed by atoms with Crippen LogP contribution in [0.15, 0.2) is 6.07 Å². The molecule has 98 valence electrons. The lowest BCUT2D eigenvalue weighted by molar-refractivity contribution is 0.0601. The molecule has 0 saturated carbocycles. The van der Waals surface area contributed by atoms with Crippen LogP contribution < -0.4 is 15.2 Å². The van der Waals surface area contributed by atoms with E-state index in [0.717, 1.165) is 5.56 Å². The Morgan fingerprint density at radius 1 is 1.44 bits per heavy atom. The smallest absolute Gasteiger partial charge is 0.340 e. The minimum Gasteiger partial charge on any atom is -0.493 e. The number of rotatable bonds is 2. The second-order valence-electron chi connectivity index (χ2n) is 4.88. The molecule has 1 aromatic rings. The second-order valence-corrected chi connectivity index (χ2v) is 4.88. The number of ether oxygens (including phenoxy) is 3. The Bertz CT molecular complexity index is 508. The summed E-state index contributed by atoms with van der Waals surface area (Å²) in [5.41, 5.74) is 7.20. The van der Waals surface area contributed by atoms with E-state index in [9.17, 15) is 4.79 Å². The molecular formula is C13H17NO4. The van der Waals surface area contributed by atoms with Gasteiger partial charge in [-0.25, -0.2) is 4.79 Å². The summed E-state index contributed by atoms with van der Waals surface area (Å²) in [6, 6.07) is 1.56. The maximum absolute atomic E-state index is 11.7. The van der Waals surface area contributed by atoms with E-state index < -0.39 is 5.97 Å². The number of hydrogen-bond donors (Lipinski definition) is 1. The third-order valence-electron chi connectivity index (χ3n) is 2.99. The van der Waals surface area contributed by atoms with Crippen molar-refractivity contribution in [1.29, 1.82) is 0 Å². The van der Waals surface area contributed by atoms with Crippen LogP contribution in [0.2, 0.25) is 0 Å². The van der Waals surface area contributed by atoms with Gasteiger partial charge in [0.1, 0.15) is 5.60 Å². The van der Waals surface area contributed by atoms with E-state index in [1.54, 1.807) is 6.07 Å². The van der Waals surface area contributed by atoms with Gasteiger partial charge in [0.25, 0.3) is 0 Å². The van der Waals surface area contributed by atoms with E-state index >= 15 is 0 Å². The lowest BCUT2D eigenvalue weighted by atomic mass is 9.97. The van der Waals surface area contributed by atoms with Gasteiger partial charge in [0.15, 0.2) is 11.5 Å². The first-order chi connectivity index (χ1) is 8.39. The summed E-state index contributed by atoms with van der Waals surface area (Å²) < 4.78 is 15.8. The monoisotopic (exact) mass is 251 g/mol. The molecule has 0 saturated heterocycles. The fourth-order valence-corrected chi connectivity index (χ4v) is 2.16. The highest BCUT2D eigenvalue weighted by molar-refractivity contribution is 5.97. The van der Waals surface area contributed by atoms with E-state index in [-0.39, 0.29) is 5.60 Å². The van der Waals surface area contributed by atoms with Gasteiger partial charge >= 0.3 is 5.97 Å². The average Bonchev–Trinajstić information content (AvgIpc) is 2.65. The maximum atomic E-state index is 11.7. The summed E-state index contributed by atoms with van der Waals surface area (Å²) in [5, 5.41) is 0. The molecule has 0 atom stereocenters. The molecule has 2 N–H and O–H groups in total. The van der Waals surface area contributed by atoms with Gasteiger partial charge in [-0.3, -0.25) is 0 Å². The first kappa shape index (κ1) is 12.5. The number of carbonyl (C=O) groups excluding carboxylic acids is 1. The minimum atomic E-state index is -0.474. The molecule has 1 aromatic carbocycles. The number of nitrogen functional groups attached to an aromatic ring is 1. The van der Waals surface area contributed by atoms with Gasteiger partial charge in [0, 0.05) is 18.1 Å². The summed E-state index contributed by atoms with van der Waals surface area (Å²) in [6.45, 7) is 3.92. The van der Waals surface area contributed by atoms with Crippen molar-refractivity contribution >= 4 is 11.7 Å². The van der Waals surface area contributed by atoms with Crippen molar-refractivity contribution in [2.24, 2.45) is 0 Å². The average molecular weight is 251 g/mol. The van der Waals surface area contributed by atoms with Crippen molar-refractivity contribution < 1.29 is 19.0 Å². The molecule has 0 aromatic heterocycles. The molecule has 0 amide bonds.